The average molecular weight is 358 g/mol. The fraction of sp³-hybridized carbons (Fsp3) is 0.278. The number of carbonyl (C=O) groups is 1. The Balaban J connectivity index is 1.45. The molecule has 1 aliphatic rings. The summed E-state index contributed by atoms with van der Waals surface area (Å²) in [5.74, 6) is 0.811. The summed E-state index contributed by atoms with van der Waals surface area (Å²) in [6.07, 6.45) is 0.710. The number of carbonyl (C=O) groups excluding carboxylic acids is 1. The first-order chi connectivity index (χ1) is 11.6. The Morgan fingerprint density at radius 2 is 2.04 bits per heavy atom. The highest BCUT2D eigenvalue weighted by Gasteiger charge is 2.16. The molecule has 0 atom stereocenters. The van der Waals surface area contributed by atoms with Gasteiger partial charge in [0.2, 0.25) is 5.91 Å². The molecule has 1 aliphatic heterocycles. The van der Waals surface area contributed by atoms with Crippen LogP contribution in [0.5, 0.6) is 0 Å². The normalized spacial score (nSPS) is 13.8. The van der Waals surface area contributed by atoms with Crippen molar-refractivity contribution in [3.05, 3.63) is 52.2 Å². The average Bonchev–Trinajstić information content (AvgIpc) is 3.25. The van der Waals surface area contributed by atoms with E-state index in [1.807, 2.05) is 29.6 Å². The summed E-state index contributed by atoms with van der Waals surface area (Å²) < 4.78 is 0. The van der Waals surface area contributed by atoms with Gasteiger partial charge in [0.15, 0.2) is 0 Å². The van der Waals surface area contributed by atoms with Crippen LogP contribution >= 0.6 is 23.1 Å². The van der Waals surface area contributed by atoms with E-state index in [1.54, 1.807) is 11.3 Å². The van der Waals surface area contributed by atoms with Crippen molar-refractivity contribution < 1.29 is 4.79 Å². The maximum absolute atomic E-state index is 12.1. The van der Waals surface area contributed by atoms with Crippen LogP contribution < -0.4 is 5.32 Å². The number of amides is 1. The molecule has 1 aromatic heterocycles. The van der Waals surface area contributed by atoms with Gasteiger partial charge in [0.05, 0.1) is 16.3 Å². The topological polar surface area (TPSA) is 53.8 Å². The predicted molar refractivity (Wildman–Crippen MR) is 105 cm³/mol. The van der Waals surface area contributed by atoms with Crippen LogP contribution in [0.4, 0.5) is 5.69 Å². The second-order valence-corrected chi connectivity index (χ2v) is 7.80. The number of rotatable bonds is 5. The van der Waals surface area contributed by atoms with Gasteiger partial charge in [-0.15, -0.1) is 16.4 Å². The highest BCUT2D eigenvalue weighted by molar-refractivity contribution is 8.14. The largest absolute Gasteiger partial charge is 0.325 e. The van der Waals surface area contributed by atoms with Crippen LogP contribution in [0.2, 0.25) is 0 Å². The number of anilines is 1. The van der Waals surface area contributed by atoms with Crippen LogP contribution in [0.1, 0.15) is 36.6 Å². The van der Waals surface area contributed by atoms with E-state index in [2.05, 4.69) is 41.5 Å². The van der Waals surface area contributed by atoms with E-state index in [4.69, 9.17) is 0 Å². The summed E-state index contributed by atoms with van der Waals surface area (Å²) in [7, 11) is 0. The monoisotopic (exact) mass is 357 g/mol. The molecule has 124 valence electrons. The van der Waals surface area contributed by atoms with E-state index in [1.165, 1.54) is 17.3 Å². The predicted octanol–water partition coefficient (Wildman–Crippen LogP) is 4.75. The summed E-state index contributed by atoms with van der Waals surface area (Å²) >= 11 is 3.11. The van der Waals surface area contributed by atoms with Crippen molar-refractivity contribution in [3.63, 3.8) is 0 Å². The quantitative estimate of drug-likeness (QED) is 0.839. The fourth-order valence-electron chi connectivity index (χ4n) is 2.29. The van der Waals surface area contributed by atoms with E-state index >= 15 is 0 Å². The van der Waals surface area contributed by atoms with E-state index in [0.717, 1.165) is 21.3 Å². The molecular formula is C18H19N3OS2. The lowest BCUT2D eigenvalue weighted by Gasteiger charge is -2.08. The lowest BCUT2D eigenvalue weighted by Crippen LogP contribution is -2.15. The van der Waals surface area contributed by atoms with Crippen molar-refractivity contribution in [2.75, 3.05) is 11.1 Å². The van der Waals surface area contributed by atoms with Gasteiger partial charge >= 0.3 is 0 Å². The molecular weight excluding hydrogens is 338 g/mol. The number of nitrogens with one attached hydrogen (secondary N) is 1. The Kier molecular flexibility index (Phi) is 5.48. The van der Waals surface area contributed by atoms with Crippen LogP contribution in [-0.4, -0.2) is 22.4 Å². The van der Waals surface area contributed by atoms with Crippen molar-refractivity contribution in [2.45, 2.75) is 26.2 Å². The fourth-order valence-corrected chi connectivity index (χ4v) is 3.70. The third-order valence-electron chi connectivity index (χ3n) is 3.64. The van der Waals surface area contributed by atoms with Gasteiger partial charge in [0, 0.05) is 12.1 Å². The lowest BCUT2D eigenvalue weighted by atomic mass is 10.0. The molecule has 2 aromatic rings. The van der Waals surface area contributed by atoms with Crippen molar-refractivity contribution in [3.8, 4) is 0 Å². The summed E-state index contributed by atoms with van der Waals surface area (Å²) in [5, 5.41) is 14.2. The zero-order valence-corrected chi connectivity index (χ0v) is 15.3. The minimum Gasteiger partial charge on any atom is -0.325 e. The Morgan fingerprint density at radius 3 is 2.71 bits per heavy atom. The smallest absolute Gasteiger partial charge is 0.234 e. The van der Waals surface area contributed by atoms with Gasteiger partial charge in [-0.05, 0) is 35.1 Å². The molecule has 2 heterocycles. The minimum absolute atomic E-state index is 0.0235. The van der Waals surface area contributed by atoms with Crippen LogP contribution in [0.25, 0.3) is 0 Å². The van der Waals surface area contributed by atoms with E-state index < -0.39 is 0 Å². The number of nitrogens with zero attached hydrogens (tertiary/aromatic N) is 2. The molecule has 0 bridgehead atoms. The van der Waals surface area contributed by atoms with Crippen molar-refractivity contribution in [2.24, 2.45) is 10.2 Å². The number of hydrogen-bond donors (Lipinski definition) is 1. The third-order valence-corrected chi connectivity index (χ3v) is 5.52. The molecule has 24 heavy (non-hydrogen) atoms. The molecule has 1 N–H and O–H groups in total. The lowest BCUT2D eigenvalue weighted by molar-refractivity contribution is -0.113. The van der Waals surface area contributed by atoms with Gasteiger partial charge in [-0.3, -0.25) is 4.79 Å². The van der Waals surface area contributed by atoms with Gasteiger partial charge < -0.3 is 5.32 Å². The van der Waals surface area contributed by atoms with Crippen molar-refractivity contribution >= 4 is 45.4 Å². The highest BCUT2D eigenvalue weighted by atomic mass is 32.2. The summed E-state index contributed by atoms with van der Waals surface area (Å²) in [6, 6.07) is 12.0. The van der Waals surface area contributed by atoms with Gasteiger partial charge in [-0.1, -0.05) is 43.8 Å². The Morgan fingerprint density at radius 1 is 1.25 bits per heavy atom. The van der Waals surface area contributed by atoms with E-state index in [0.29, 0.717) is 18.1 Å². The van der Waals surface area contributed by atoms with Crippen LogP contribution in [0.15, 0.2) is 52.0 Å². The van der Waals surface area contributed by atoms with E-state index in [-0.39, 0.29) is 5.91 Å². The van der Waals surface area contributed by atoms with Gasteiger partial charge in [0.1, 0.15) is 5.04 Å². The number of benzene rings is 1. The molecule has 4 nitrogen and oxygen atoms in total. The highest BCUT2D eigenvalue weighted by Crippen LogP contribution is 2.22. The first-order valence-electron chi connectivity index (χ1n) is 7.81. The SMILES string of the molecule is CC(C)c1ccc(NC(=O)CSC2=NN=C(c3cccs3)C2)cc1. The Labute approximate surface area is 150 Å². The standard InChI is InChI=1S/C18H19N3OS2/c1-12(2)13-5-7-14(8-6-13)19-17(22)11-24-18-10-15(20-21-18)16-4-3-9-23-16/h3-9,12H,10-11H2,1-2H3,(H,19,22). The number of thioether (sulfide) groups is 1. The molecule has 1 amide bonds. The van der Waals surface area contributed by atoms with Gasteiger partial charge in [-0.2, -0.15) is 5.10 Å². The zero-order valence-electron chi connectivity index (χ0n) is 13.7. The van der Waals surface area contributed by atoms with Crippen molar-refractivity contribution in [1.29, 1.82) is 0 Å². The third kappa shape index (κ3) is 4.33. The maximum atomic E-state index is 12.1. The van der Waals surface area contributed by atoms with Crippen molar-refractivity contribution in [1.82, 2.24) is 0 Å². The molecule has 6 heteroatoms. The molecule has 0 unspecified atom stereocenters. The zero-order chi connectivity index (χ0) is 16.9. The van der Waals surface area contributed by atoms with Gasteiger partial charge in [0.25, 0.3) is 0 Å². The van der Waals surface area contributed by atoms with E-state index in [9.17, 15) is 4.79 Å². The van der Waals surface area contributed by atoms with Crippen LogP contribution in [0, 0.1) is 0 Å². The maximum Gasteiger partial charge on any atom is 0.234 e. The van der Waals surface area contributed by atoms with Crippen LogP contribution in [0.3, 0.4) is 0 Å². The molecule has 1 aromatic carbocycles. The second kappa shape index (κ2) is 7.77. The molecule has 0 saturated carbocycles. The summed E-state index contributed by atoms with van der Waals surface area (Å²) in [6.45, 7) is 4.30. The number of hydrogen-bond acceptors (Lipinski definition) is 5. The summed E-state index contributed by atoms with van der Waals surface area (Å²) in [4.78, 5) is 13.2. The van der Waals surface area contributed by atoms with Crippen LogP contribution in [-0.2, 0) is 4.79 Å². The minimum atomic E-state index is -0.0235. The Hall–Kier alpha value is -1.92. The second-order valence-electron chi connectivity index (χ2n) is 5.81. The molecule has 3 rings (SSSR count). The first-order valence-corrected chi connectivity index (χ1v) is 9.68. The molecule has 0 fully saturated rings. The van der Waals surface area contributed by atoms with Gasteiger partial charge in [-0.25, -0.2) is 0 Å². The molecule has 0 aliphatic carbocycles. The summed E-state index contributed by atoms with van der Waals surface area (Å²) in [5.41, 5.74) is 3.08. The number of thiophene rings is 1. The molecule has 0 radical (unpaired) electrons. The Bertz CT molecular complexity index is 762. The molecule has 0 saturated heterocycles. The molecule has 0 spiro atoms. The first kappa shape index (κ1) is 16.9.